The average molecular weight is 373 g/mol. The molecule has 1 aliphatic rings. The highest BCUT2D eigenvalue weighted by Gasteiger charge is 2.25. The van der Waals surface area contributed by atoms with Crippen molar-refractivity contribution < 1.29 is 9.13 Å². The monoisotopic (exact) mass is 373 g/mol. The molecule has 0 saturated carbocycles. The minimum atomic E-state index is -0.208. The Morgan fingerprint density at radius 3 is 3.04 bits per heavy atom. The third kappa shape index (κ3) is 3.34. The first-order chi connectivity index (χ1) is 12.6. The first-order valence-corrected chi connectivity index (χ1v) is 9.38. The molecule has 8 heteroatoms. The molecule has 0 fully saturated rings. The van der Waals surface area contributed by atoms with Gasteiger partial charge in [0.05, 0.1) is 6.61 Å². The predicted molar refractivity (Wildman–Crippen MR) is 101 cm³/mol. The molecule has 0 spiro atoms. The zero-order chi connectivity index (χ0) is 18.1. The molecule has 0 bridgehead atoms. The van der Waals surface area contributed by atoms with E-state index in [-0.39, 0.29) is 5.82 Å². The maximum absolute atomic E-state index is 13.5. The van der Waals surface area contributed by atoms with Crippen LogP contribution in [-0.2, 0) is 6.42 Å². The number of aromatic nitrogens is 3. The summed E-state index contributed by atoms with van der Waals surface area (Å²) < 4.78 is 19.3. The minimum Gasteiger partial charge on any atom is -0.470 e. The molecule has 1 aliphatic heterocycles. The Bertz CT molecular complexity index is 929. The van der Waals surface area contributed by atoms with Crippen LogP contribution in [0.15, 0.2) is 24.5 Å². The molecule has 136 valence electrons. The number of hydrogen-bond acceptors (Lipinski definition) is 7. The number of anilines is 2. The molecular formula is C18H20FN5OS. The van der Waals surface area contributed by atoms with Crippen LogP contribution in [-0.4, -0.2) is 53.6 Å². The number of halogens is 1. The molecule has 0 atom stereocenters. The van der Waals surface area contributed by atoms with E-state index in [1.165, 1.54) is 17.4 Å². The maximum Gasteiger partial charge on any atom is 0.275 e. The molecule has 1 aromatic carbocycles. The summed E-state index contributed by atoms with van der Waals surface area (Å²) in [6, 6.07) is 4.88. The predicted octanol–water partition coefficient (Wildman–Crippen LogP) is 3.25. The van der Waals surface area contributed by atoms with Crippen molar-refractivity contribution in [3.8, 4) is 5.19 Å². The number of fused-ring (bicyclic) bond motifs is 2. The Kier molecular flexibility index (Phi) is 4.69. The highest BCUT2D eigenvalue weighted by molar-refractivity contribution is 7.19. The largest absolute Gasteiger partial charge is 0.470 e. The van der Waals surface area contributed by atoms with Crippen molar-refractivity contribution >= 4 is 33.2 Å². The molecule has 0 radical (unpaired) electrons. The van der Waals surface area contributed by atoms with Gasteiger partial charge < -0.3 is 14.5 Å². The lowest BCUT2D eigenvalue weighted by molar-refractivity contribution is 0.281. The van der Waals surface area contributed by atoms with Gasteiger partial charge in [0.15, 0.2) is 10.6 Å². The molecule has 0 unspecified atom stereocenters. The number of benzene rings is 1. The summed E-state index contributed by atoms with van der Waals surface area (Å²) in [4.78, 5) is 18.4. The van der Waals surface area contributed by atoms with Crippen LogP contribution in [0.25, 0.3) is 10.3 Å². The van der Waals surface area contributed by atoms with Gasteiger partial charge in [-0.2, -0.15) is 4.98 Å². The Labute approximate surface area is 155 Å². The van der Waals surface area contributed by atoms with Crippen LogP contribution in [0.3, 0.4) is 0 Å². The molecule has 4 rings (SSSR count). The second-order valence-electron chi connectivity index (χ2n) is 6.51. The van der Waals surface area contributed by atoms with Gasteiger partial charge in [0.1, 0.15) is 17.7 Å². The molecular weight excluding hydrogens is 353 g/mol. The van der Waals surface area contributed by atoms with Gasteiger partial charge in [0.2, 0.25) is 0 Å². The Hall–Kier alpha value is -2.32. The average Bonchev–Trinajstić information content (AvgIpc) is 3.21. The van der Waals surface area contributed by atoms with Crippen LogP contribution in [0.2, 0.25) is 0 Å². The summed E-state index contributed by atoms with van der Waals surface area (Å²) in [6.45, 7) is 2.34. The first kappa shape index (κ1) is 17.1. The van der Waals surface area contributed by atoms with Crippen molar-refractivity contribution in [1.82, 2.24) is 19.9 Å². The van der Waals surface area contributed by atoms with Crippen LogP contribution in [0, 0.1) is 5.82 Å². The molecule has 6 nitrogen and oxygen atoms in total. The molecule has 3 heterocycles. The number of nitrogens with zero attached hydrogens (tertiary/aromatic N) is 5. The van der Waals surface area contributed by atoms with E-state index in [2.05, 4.69) is 24.8 Å². The first-order valence-electron chi connectivity index (χ1n) is 8.57. The van der Waals surface area contributed by atoms with Gasteiger partial charge in [-0.3, -0.25) is 0 Å². The van der Waals surface area contributed by atoms with Crippen LogP contribution in [0.1, 0.15) is 12.0 Å². The highest BCUT2D eigenvalue weighted by atomic mass is 32.1. The van der Waals surface area contributed by atoms with Crippen molar-refractivity contribution in [3.63, 3.8) is 0 Å². The standard InChI is InChI=1S/C18H20FN5OS/c1-23(2)7-3-9-25-18-22-15-16(20-11-21-17(15)26-18)24-8-6-12-10-13(19)4-5-14(12)24/h4-5,10-11H,3,6-9H2,1-2H3. The quantitative estimate of drug-likeness (QED) is 0.618. The molecule has 0 amide bonds. The summed E-state index contributed by atoms with van der Waals surface area (Å²) in [5, 5.41) is 0.610. The van der Waals surface area contributed by atoms with Crippen molar-refractivity contribution in [2.75, 3.05) is 38.7 Å². The molecule has 26 heavy (non-hydrogen) atoms. The molecule has 0 aliphatic carbocycles. The smallest absolute Gasteiger partial charge is 0.275 e. The summed E-state index contributed by atoms with van der Waals surface area (Å²) in [6.07, 6.45) is 3.27. The van der Waals surface area contributed by atoms with E-state index in [1.807, 2.05) is 14.1 Å². The maximum atomic E-state index is 13.5. The van der Waals surface area contributed by atoms with Crippen LogP contribution < -0.4 is 9.64 Å². The molecule has 3 aromatic rings. The molecule has 0 N–H and O–H groups in total. The zero-order valence-electron chi connectivity index (χ0n) is 14.8. The summed E-state index contributed by atoms with van der Waals surface area (Å²) in [5.74, 6) is 0.542. The van der Waals surface area contributed by atoms with Gasteiger partial charge in [0, 0.05) is 18.8 Å². The second kappa shape index (κ2) is 7.13. The van der Waals surface area contributed by atoms with E-state index in [4.69, 9.17) is 4.74 Å². The Morgan fingerprint density at radius 2 is 2.19 bits per heavy atom. The van der Waals surface area contributed by atoms with Crippen LogP contribution in [0.5, 0.6) is 5.19 Å². The van der Waals surface area contributed by atoms with Gasteiger partial charge in [-0.05, 0) is 50.7 Å². The number of thiazole rings is 1. The third-order valence-electron chi connectivity index (χ3n) is 4.32. The van der Waals surface area contributed by atoms with Crippen molar-refractivity contribution in [1.29, 1.82) is 0 Å². The van der Waals surface area contributed by atoms with Gasteiger partial charge >= 0.3 is 0 Å². The Morgan fingerprint density at radius 1 is 1.31 bits per heavy atom. The lowest BCUT2D eigenvalue weighted by Gasteiger charge is -2.18. The van der Waals surface area contributed by atoms with E-state index < -0.39 is 0 Å². The molecule has 2 aromatic heterocycles. The summed E-state index contributed by atoms with van der Waals surface area (Å²) >= 11 is 1.43. The fraction of sp³-hybridized carbons (Fsp3) is 0.389. The normalized spacial score (nSPS) is 13.6. The number of hydrogen-bond donors (Lipinski definition) is 0. The van der Waals surface area contributed by atoms with Crippen molar-refractivity contribution in [2.45, 2.75) is 12.8 Å². The van der Waals surface area contributed by atoms with Crippen molar-refractivity contribution in [3.05, 3.63) is 35.9 Å². The zero-order valence-corrected chi connectivity index (χ0v) is 15.6. The van der Waals surface area contributed by atoms with Crippen molar-refractivity contribution in [2.24, 2.45) is 0 Å². The van der Waals surface area contributed by atoms with E-state index in [1.54, 1.807) is 18.5 Å². The van der Waals surface area contributed by atoms with Gasteiger partial charge in [0.25, 0.3) is 5.19 Å². The topological polar surface area (TPSA) is 54.4 Å². The van der Waals surface area contributed by atoms with Crippen LogP contribution >= 0.6 is 11.3 Å². The van der Waals surface area contributed by atoms with E-state index >= 15 is 0 Å². The second-order valence-corrected chi connectivity index (χ2v) is 7.45. The van der Waals surface area contributed by atoms with Gasteiger partial charge in [-0.25, -0.2) is 14.4 Å². The van der Waals surface area contributed by atoms with E-state index in [0.717, 1.165) is 53.3 Å². The fourth-order valence-corrected chi connectivity index (χ4v) is 3.89. The number of ether oxygens (including phenoxy) is 1. The molecule has 0 saturated heterocycles. The lowest BCUT2D eigenvalue weighted by Crippen LogP contribution is -2.15. The summed E-state index contributed by atoms with van der Waals surface area (Å²) in [5.41, 5.74) is 2.71. The fourth-order valence-electron chi connectivity index (χ4n) is 3.11. The van der Waals surface area contributed by atoms with Gasteiger partial charge in [-0.1, -0.05) is 11.3 Å². The summed E-state index contributed by atoms with van der Waals surface area (Å²) in [7, 11) is 4.08. The minimum absolute atomic E-state index is 0.208. The lowest BCUT2D eigenvalue weighted by atomic mass is 10.2. The van der Waals surface area contributed by atoms with Gasteiger partial charge in [-0.15, -0.1) is 0 Å². The third-order valence-corrected chi connectivity index (χ3v) is 5.20. The van der Waals surface area contributed by atoms with Crippen LogP contribution in [0.4, 0.5) is 15.9 Å². The number of rotatable bonds is 6. The van der Waals surface area contributed by atoms with E-state index in [0.29, 0.717) is 11.8 Å². The highest BCUT2D eigenvalue weighted by Crippen LogP contribution is 2.38. The van der Waals surface area contributed by atoms with E-state index in [9.17, 15) is 4.39 Å². The Balaban J connectivity index is 1.59. The SMILES string of the molecule is CN(C)CCCOc1nc2c(N3CCc4cc(F)ccc43)ncnc2s1.